The molecule has 1 aliphatic heterocycles. The number of aliphatic carboxylic acids is 1. The van der Waals surface area contributed by atoms with Crippen LogP contribution in [0, 0.1) is 5.92 Å². The molecule has 0 radical (unpaired) electrons. The fourth-order valence-corrected chi connectivity index (χ4v) is 3.78. The SMILES string of the molecule is O=C(O)CC/C=C\C[C@@H]1CCN(C(=O)Nc2ccc(Cl)cc2)[C@@H]1c1cccnc1. The van der Waals surface area contributed by atoms with Crippen molar-refractivity contribution in [3.05, 3.63) is 71.5 Å². The number of amides is 2. The van der Waals surface area contributed by atoms with Crippen LogP contribution in [0.3, 0.4) is 0 Å². The Morgan fingerprint density at radius 1 is 1.24 bits per heavy atom. The number of halogens is 1. The van der Waals surface area contributed by atoms with Crippen molar-refractivity contribution >= 4 is 29.3 Å². The van der Waals surface area contributed by atoms with E-state index >= 15 is 0 Å². The van der Waals surface area contributed by atoms with Crippen LogP contribution in [0.5, 0.6) is 0 Å². The Morgan fingerprint density at radius 3 is 2.72 bits per heavy atom. The third kappa shape index (κ3) is 5.81. The molecule has 2 amide bonds. The molecule has 1 fully saturated rings. The number of anilines is 1. The number of aromatic nitrogens is 1. The highest BCUT2D eigenvalue weighted by Gasteiger charge is 2.37. The van der Waals surface area contributed by atoms with Crippen molar-refractivity contribution in [3.8, 4) is 0 Å². The molecule has 1 aromatic heterocycles. The van der Waals surface area contributed by atoms with Gasteiger partial charge in [0.15, 0.2) is 0 Å². The maximum atomic E-state index is 13.0. The number of likely N-dealkylation sites (tertiary alicyclic amines) is 1. The summed E-state index contributed by atoms with van der Waals surface area (Å²) in [6.07, 6.45) is 9.75. The zero-order valence-electron chi connectivity index (χ0n) is 16.0. The van der Waals surface area contributed by atoms with E-state index in [1.165, 1.54) is 0 Å². The number of carboxylic acid groups (broad SMARTS) is 1. The molecule has 0 saturated carbocycles. The summed E-state index contributed by atoms with van der Waals surface area (Å²) in [4.78, 5) is 29.7. The van der Waals surface area contributed by atoms with Crippen molar-refractivity contribution in [1.29, 1.82) is 0 Å². The zero-order chi connectivity index (χ0) is 20.6. The van der Waals surface area contributed by atoms with Crippen LogP contribution in [-0.2, 0) is 4.79 Å². The van der Waals surface area contributed by atoms with Crippen molar-refractivity contribution < 1.29 is 14.7 Å². The number of carbonyl (C=O) groups excluding carboxylic acids is 1. The summed E-state index contributed by atoms with van der Waals surface area (Å²) in [5.74, 6) is -0.551. The first-order valence-electron chi connectivity index (χ1n) is 9.64. The van der Waals surface area contributed by atoms with Crippen LogP contribution < -0.4 is 5.32 Å². The van der Waals surface area contributed by atoms with Crippen molar-refractivity contribution in [2.45, 2.75) is 31.7 Å². The fraction of sp³-hybridized carbons (Fsp3) is 0.318. The average molecular weight is 414 g/mol. The van der Waals surface area contributed by atoms with Gasteiger partial charge >= 0.3 is 12.0 Å². The molecule has 152 valence electrons. The van der Waals surface area contributed by atoms with E-state index in [2.05, 4.69) is 10.3 Å². The van der Waals surface area contributed by atoms with Crippen molar-refractivity contribution in [3.63, 3.8) is 0 Å². The van der Waals surface area contributed by atoms with Crippen LogP contribution in [0.4, 0.5) is 10.5 Å². The molecule has 1 aliphatic rings. The van der Waals surface area contributed by atoms with Gasteiger partial charge in [-0.25, -0.2) is 4.79 Å². The van der Waals surface area contributed by atoms with Gasteiger partial charge in [0.25, 0.3) is 0 Å². The van der Waals surface area contributed by atoms with Crippen LogP contribution in [0.1, 0.15) is 37.3 Å². The van der Waals surface area contributed by atoms with Gasteiger partial charge in [-0.3, -0.25) is 9.78 Å². The van der Waals surface area contributed by atoms with E-state index in [0.29, 0.717) is 23.7 Å². The molecule has 29 heavy (non-hydrogen) atoms. The summed E-state index contributed by atoms with van der Waals surface area (Å²) in [6.45, 7) is 0.645. The first kappa shape index (κ1) is 20.9. The highest BCUT2D eigenvalue weighted by Crippen LogP contribution is 2.39. The molecular weight excluding hydrogens is 390 g/mol. The van der Waals surface area contributed by atoms with E-state index in [9.17, 15) is 9.59 Å². The largest absolute Gasteiger partial charge is 0.481 e. The highest BCUT2D eigenvalue weighted by molar-refractivity contribution is 6.30. The maximum Gasteiger partial charge on any atom is 0.322 e. The molecule has 0 aliphatic carbocycles. The molecule has 2 atom stereocenters. The maximum absolute atomic E-state index is 13.0. The molecule has 1 saturated heterocycles. The van der Waals surface area contributed by atoms with Crippen LogP contribution >= 0.6 is 11.6 Å². The number of rotatable bonds is 7. The molecule has 3 rings (SSSR count). The lowest BCUT2D eigenvalue weighted by Gasteiger charge is -2.28. The number of nitrogens with one attached hydrogen (secondary N) is 1. The van der Waals surface area contributed by atoms with Crippen molar-refractivity contribution in [1.82, 2.24) is 9.88 Å². The quantitative estimate of drug-likeness (QED) is 0.615. The molecule has 0 unspecified atom stereocenters. The van der Waals surface area contributed by atoms with Gasteiger partial charge in [-0.15, -0.1) is 0 Å². The highest BCUT2D eigenvalue weighted by atomic mass is 35.5. The summed E-state index contributed by atoms with van der Waals surface area (Å²) in [5, 5.41) is 12.3. The summed E-state index contributed by atoms with van der Waals surface area (Å²) in [6, 6.07) is 10.7. The summed E-state index contributed by atoms with van der Waals surface area (Å²) >= 11 is 5.92. The number of allylic oxidation sites excluding steroid dienone is 2. The average Bonchev–Trinajstić information content (AvgIpc) is 3.14. The van der Waals surface area contributed by atoms with E-state index in [0.717, 1.165) is 18.4 Å². The zero-order valence-corrected chi connectivity index (χ0v) is 16.8. The molecular formula is C22H24ClN3O3. The monoisotopic (exact) mass is 413 g/mol. The summed E-state index contributed by atoms with van der Waals surface area (Å²) in [7, 11) is 0. The normalized spacial score (nSPS) is 18.9. The molecule has 2 N–H and O–H groups in total. The lowest BCUT2D eigenvalue weighted by molar-refractivity contribution is -0.136. The van der Waals surface area contributed by atoms with Gasteiger partial charge in [-0.05, 0) is 61.1 Å². The van der Waals surface area contributed by atoms with Gasteiger partial charge < -0.3 is 15.3 Å². The lowest BCUT2D eigenvalue weighted by Crippen LogP contribution is -2.35. The van der Waals surface area contributed by atoms with Gasteiger partial charge in [0.2, 0.25) is 0 Å². The van der Waals surface area contributed by atoms with E-state index in [-0.39, 0.29) is 24.4 Å². The Hall–Kier alpha value is -2.86. The standard InChI is InChI=1S/C22H24ClN3O3/c23-18-8-10-19(11-9-18)25-22(29)26-14-12-16(5-2-1-3-7-20(27)28)21(26)17-6-4-13-24-15-17/h1-2,4,6,8-11,13,15-16,21H,3,5,7,12,14H2,(H,25,29)(H,27,28)/b2-1-/t16-,21+/m1/s1. The summed E-state index contributed by atoms with van der Waals surface area (Å²) < 4.78 is 0. The molecule has 0 bridgehead atoms. The van der Waals surface area contributed by atoms with Gasteiger partial charge in [-0.2, -0.15) is 0 Å². The third-order valence-electron chi connectivity index (χ3n) is 5.04. The number of hydrogen-bond acceptors (Lipinski definition) is 3. The predicted molar refractivity (Wildman–Crippen MR) is 113 cm³/mol. The van der Waals surface area contributed by atoms with Crippen LogP contribution in [0.15, 0.2) is 60.9 Å². The van der Waals surface area contributed by atoms with Gasteiger partial charge in [0, 0.05) is 36.1 Å². The number of pyridine rings is 1. The Labute approximate surface area is 175 Å². The van der Waals surface area contributed by atoms with Gasteiger partial charge in [0.1, 0.15) is 0 Å². The van der Waals surface area contributed by atoms with Crippen LogP contribution in [0.25, 0.3) is 0 Å². The minimum atomic E-state index is -0.797. The Balaban J connectivity index is 1.71. The van der Waals surface area contributed by atoms with E-state index in [4.69, 9.17) is 16.7 Å². The van der Waals surface area contributed by atoms with Crippen molar-refractivity contribution in [2.24, 2.45) is 5.92 Å². The number of nitrogens with zero attached hydrogens (tertiary/aromatic N) is 2. The molecule has 7 heteroatoms. The Kier molecular flexibility index (Phi) is 7.25. The molecule has 2 heterocycles. The second-order valence-electron chi connectivity index (χ2n) is 7.05. The third-order valence-corrected chi connectivity index (χ3v) is 5.29. The van der Waals surface area contributed by atoms with E-state index in [1.54, 1.807) is 36.7 Å². The lowest BCUT2D eigenvalue weighted by atomic mass is 9.91. The first-order valence-corrected chi connectivity index (χ1v) is 10.0. The molecule has 1 aromatic carbocycles. The first-order chi connectivity index (χ1) is 14.0. The second-order valence-corrected chi connectivity index (χ2v) is 7.49. The van der Waals surface area contributed by atoms with Crippen molar-refractivity contribution in [2.75, 3.05) is 11.9 Å². The number of carbonyl (C=O) groups is 2. The minimum absolute atomic E-state index is 0.0832. The minimum Gasteiger partial charge on any atom is -0.481 e. The predicted octanol–water partition coefficient (Wildman–Crippen LogP) is 5.14. The number of urea groups is 1. The van der Waals surface area contributed by atoms with Gasteiger partial charge in [-0.1, -0.05) is 29.8 Å². The molecule has 6 nitrogen and oxygen atoms in total. The fourth-order valence-electron chi connectivity index (χ4n) is 3.66. The van der Waals surface area contributed by atoms with Gasteiger partial charge in [0.05, 0.1) is 6.04 Å². The van der Waals surface area contributed by atoms with E-state index < -0.39 is 5.97 Å². The number of hydrogen-bond donors (Lipinski definition) is 2. The Morgan fingerprint density at radius 2 is 2.03 bits per heavy atom. The Bertz CT molecular complexity index is 855. The number of carboxylic acids is 1. The smallest absolute Gasteiger partial charge is 0.322 e. The van der Waals surface area contributed by atoms with Crippen LogP contribution in [-0.4, -0.2) is 33.5 Å². The van der Waals surface area contributed by atoms with Crippen LogP contribution in [0.2, 0.25) is 5.02 Å². The molecule has 2 aromatic rings. The molecule has 0 spiro atoms. The second kappa shape index (κ2) is 10.1. The summed E-state index contributed by atoms with van der Waals surface area (Å²) in [5.41, 5.74) is 1.70. The number of benzene rings is 1. The topological polar surface area (TPSA) is 82.5 Å². The van der Waals surface area contributed by atoms with E-state index in [1.807, 2.05) is 29.2 Å².